The average molecular weight is 342 g/mol. The summed E-state index contributed by atoms with van der Waals surface area (Å²) in [7, 11) is 3.61. The molecule has 0 aliphatic heterocycles. The van der Waals surface area contributed by atoms with Gasteiger partial charge < -0.3 is 20.7 Å². The second-order valence-electron chi connectivity index (χ2n) is 6.03. The molecular weight excluding hydrogens is 318 g/mol. The van der Waals surface area contributed by atoms with Crippen LogP contribution in [0.25, 0.3) is 0 Å². The van der Waals surface area contributed by atoms with Crippen molar-refractivity contribution in [3.8, 4) is 5.75 Å². The number of nitrogens with one attached hydrogen (secondary N) is 2. The number of hydrogen-bond acceptors (Lipinski definition) is 3. The molecule has 0 radical (unpaired) electrons. The Bertz CT molecular complexity index is 744. The van der Waals surface area contributed by atoms with Gasteiger partial charge in [0.2, 0.25) is 5.91 Å². The molecule has 4 N–H and O–H groups in total. The second kappa shape index (κ2) is 8.30. The molecule has 0 saturated heterocycles. The van der Waals surface area contributed by atoms with E-state index in [1.54, 1.807) is 31.4 Å². The highest BCUT2D eigenvalue weighted by Gasteiger charge is 2.22. The molecular formula is C19H24N3O3+. The molecule has 0 spiro atoms. The predicted molar refractivity (Wildman–Crippen MR) is 96.6 cm³/mol. The van der Waals surface area contributed by atoms with Crippen molar-refractivity contribution < 1.29 is 19.2 Å². The molecule has 2 aromatic rings. The van der Waals surface area contributed by atoms with Crippen molar-refractivity contribution in [1.29, 1.82) is 0 Å². The van der Waals surface area contributed by atoms with Gasteiger partial charge in [-0.25, -0.2) is 0 Å². The molecule has 0 heterocycles. The third-order valence-electron chi connectivity index (χ3n) is 4.19. The third kappa shape index (κ3) is 5.06. The molecule has 0 fully saturated rings. The third-order valence-corrected chi connectivity index (χ3v) is 4.19. The number of rotatable bonds is 7. The van der Waals surface area contributed by atoms with Crippen LogP contribution >= 0.6 is 0 Å². The van der Waals surface area contributed by atoms with Crippen LogP contribution in [0, 0.1) is 0 Å². The van der Waals surface area contributed by atoms with Crippen LogP contribution in [0.15, 0.2) is 48.5 Å². The van der Waals surface area contributed by atoms with E-state index in [1.807, 2.05) is 38.2 Å². The van der Waals surface area contributed by atoms with E-state index in [4.69, 9.17) is 10.5 Å². The maximum atomic E-state index is 12.4. The SMILES string of the molecule is COc1cccc(C[NH+](C)[C@H](C)C(=O)Nc2ccc(C(N)=O)cc2)c1. The van der Waals surface area contributed by atoms with Gasteiger partial charge in [0.1, 0.15) is 12.3 Å². The minimum atomic E-state index is -0.492. The maximum Gasteiger partial charge on any atom is 0.282 e. The molecule has 0 saturated carbocycles. The first-order valence-electron chi connectivity index (χ1n) is 8.06. The highest BCUT2D eigenvalue weighted by Crippen LogP contribution is 2.12. The minimum Gasteiger partial charge on any atom is -0.497 e. The number of methoxy groups -OCH3 is 1. The summed E-state index contributed by atoms with van der Waals surface area (Å²) in [6.45, 7) is 2.58. The lowest BCUT2D eigenvalue weighted by atomic mass is 10.1. The summed E-state index contributed by atoms with van der Waals surface area (Å²) in [6.07, 6.45) is 0. The number of benzene rings is 2. The maximum absolute atomic E-state index is 12.4. The number of carbonyl (C=O) groups excluding carboxylic acids is 2. The van der Waals surface area contributed by atoms with Crippen molar-refractivity contribution in [2.24, 2.45) is 5.73 Å². The molecule has 6 nitrogen and oxygen atoms in total. The molecule has 25 heavy (non-hydrogen) atoms. The van der Waals surface area contributed by atoms with Crippen molar-refractivity contribution in [2.45, 2.75) is 19.5 Å². The number of amides is 2. The highest BCUT2D eigenvalue weighted by molar-refractivity contribution is 5.95. The second-order valence-corrected chi connectivity index (χ2v) is 6.03. The zero-order valence-electron chi connectivity index (χ0n) is 14.7. The first kappa shape index (κ1) is 18.5. The number of likely N-dealkylation sites (N-methyl/N-ethyl adjacent to an activating group) is 1. The summed E-state index contributed by atoms with van der Waals surface area (Å²) in [5.41, 5.74) is 7.35. The Balaban J connectivity index is 1.97. The van der Waals surface area contributed by atoms with Crippen molar-refractivity contribution in [3.05, 3.63) is 59.7 Å². The van der Waals surface area contributed by atoms with Gasteiger partial charge in [0.05, 0.1) is 14.2 Å². The lowest BCUT2D eigenvalue weighted by Crippen LogP contribution is -3.12. The lowest BCUT2D eigenvalue weighted by Gasteiger charge is -2.21. The largest absolute Gasteiger partial charge is 0.497 e. The summed E-state index contributed by atoms with van der Waals surface area (Å²) >= 11 is 0. The number of nitrogens with two attached hydrogens (primary N) is 1. The van der Waals surface area contributed by atoms with Gasteiger partial charge in [0.15, 0.2) is 6.04 Å². The Labute approximate surface area is 147 Å². The Kier molecular flexibility index (Phi) is 6.14. The number of quaternary nitrogens is 1. The topological polar surface area (TPSA) is 85.9 Å². The van der Waals surface area contributed by atoms with E-state index >= 15 is 0 Å². The van der Waals surface area contributed by atoms with Crippen molar-refractivity contribution in [3.63, 3.8) is 0 Å². The molecule has 0 aromatic heterocycles. The van der Waals surface area contributed by atoms with Crippen LogP contribution < -0.4 is 20.7 Å². The number of hydrogen-bond donors (Lipinski definition) is 3. The Morgan fingerprint density at radius 3 is 2.48 bits per heavy atom. The fourth-order valence-corrected chi connectivity index (χ4v) is 2.45. The van der Waals surface area contributed by atoms with Gasteiger partial charge >= 0.3 is 0 Å². The van der Waals surface area contributed by atoms with E-state index < -0.39 is 5.91 Å². The molecule has 0 bridgehead atoms. The first-order valence-corrected chi connectivity index (χ1v) is 8.06. The van der Waals surface area contributed by atoms with Crippen LogP contribution in [0.1, 0.15) is 22.8 Å². The zero-order valence-corrected chi connectivity index (χ0v) is 14.7. The fraction of sp³-hybridized carbons (Fsp3) is 0.263. The van der Waals surface area contributed by atoms with E-state index in [-0.39, 0.29) is 11.9 Å². The van der Waals surface area contributed by atoms with E-state index in [9.17, 15) is 9.59 Å². The summed E-state index contributed by atoms with van der Waals surface area (Å²) in [6, 6.07) is 14.1. The molecule has 2 atom stereocenters. The van der Waals surface area contributed by atoms with Crippen LogP contribution in [0.2, 0.25) is 0 Å². The number of ether oxygens (including phenoxy) is 1. The van der Waals surface area contributed by atoms with Crippen molar-refractivity contribution >= 4 is 17.5 Å². The number of anilines is 1. The summed E-state index contributed by atoms with van der Waals surface area (Å²) < 4.78 is 5.23. The van der Waals surface area contributed by atoms with E-state index in [0.717, 1.165) is 16.2 Å². The van der Waals surface area contributed by atoms with Gasteiger partial charge in [0, 0.05) is 16.8 Å². The van der Waals surface area contributed by atoms with Crippen LogP contribution in [-0.2, 0) is 11.3 Å². The van der Waals surface area contributed by atoms with E-state index in [2.05, 4.69) is 5.32 Å². The van der Waals surface area contributed by atoms with Crippen LogP contribution in [0.5, 0.6) is 5.75 Å². The van der Waals surface area contributed by atoms with Crippen LogP contribution in [0.3, 0.4) is 0 Å². The molecule has 132 valence electrons. The predicted octanol–water partition coefficient (Wildman–Crippen LogP) is 0.836. The quantitative estimate of drug-likeness (QED) is 0.697. The molecule has 2 amide bonds. The average Bonchev–Trinajstić information content (AvgIpc) is 2.61. The Morgan fingerprint density at radius 2 is 1.88 bits per heavy atom. The fourth-order valence-electron chi connectivity index (χ4n) is 2.45. The van der Waals surface area contributed by atoms with Gasteiger partial charge in [-0.3, -0.25) is 9.59 Å². The summed E-state index contributed by atoms with van der Waals surface area (Å²) in [5.74, 6) is 0.220. The highest BCUT2D eigenvalue weighted by atomic mass is 16.5. The zero-order chi connectivity index (χ0) is 18.4. The van der Waals surface area contributed by atoms with Gasteiger partial charge in [-0.2, -0.15) is 0 Å². The van der Waals surface area contributed by atoms with Crippen LogP contribution in [-0.4, -0.2) is 32.0 Å². The van der Waals surface area contributed by atoms with Gasteiger partial charge in [-0.1, -0.05) is 12.1 Å². The monoisotopic (exact) mass is 342 g/mol. The minimum absolute atomic E-state index is 0.0905. The van der Waals surface area contributed by atoms with Crippen molar-refractivity contribution in [2.75, 3.05) is 19.5 Å². The first-order chi connectivity index (χ1) is 11.9. The van der Waals surface area contributed by atoms with Gasteiger partial charge in [0.25, 0.3) is 5.91 Å². The van der Waals surface area contributed by atoms with Gasteiger partial charge in [-0.05, 0) is 43.3 Å². The van der Waals surface area contributed by atoms with Crippen LogP contribution in [0.4, 0.5) is 5.69 Å². The summed E-state index contributed by atoms with van der Waals surface area (Å²) in [5, 5.41) is 2.86. The van der Waals surface area contributed by atoms with Gasteiger partial charge in [-0.15, -0.1) is 0 Å². The molecule has 2 aromatic carbocycles. The summed E-state index contributed by atoms with van der Waals surface area (Å²) in [4.78, 5) is 24.6. The molecule has 0 aliphatic rings. The molecule has 2 rings (SSSR count). The molecule has 6 heteroatoms. The normalized spacial score (nSPS) is 12.9. The molecule has 1 unspecified atom stereocenters. The standard InChI is InChI=1S/C19H23N3O3/c1-13(22(2)12-14-5-4-6-17(11-14)25-3)19(24)21-16-9-7-15(8-10-16)18(20)23/h4-11,13H,12H2,1-3H3,(H2,20,23)(H,21,24)/p+1/t13-/m1/s1. The number of carbonyl (C=O) groups is 2. The Morgan fingerprint density at radius 1 is 1.20 bits per heavy atom. The Hall–Kier alpha value is -2.86. The van der Waals surface area contributed by atoms with Crippen molar-refractivity contribution in [1.82, 2.24) is 0 Å². The van der Waals surface area contributed by atoms with E-state index in [1.165, 1.54) is 0 Å². The smallest absolute Gasteiger partial charge is 0.282 e. The van der Waals surface area contributed by atoms with E-state index in [0.29, 0.717) is 17.8 Å². The molecule has 0 aliphatic carbocycles. The lowest BCUT2D eigenvalue weighted by molar-refractivity contribution is -0.907. The number of primary amides is 1.